The van der Waals surface area contributed by atoms with Crippen molar-refractivity contribution in [1.29, 1.82) is 0 Å². The molecule has 0 aromatic carbocycles. The van der Waals surface area contributed by atoms with Crippen LogP contribution in [-0.2, 0) is 19.0 Å². The van der Waals surface area contributed by atoms with E-state index in [9.17, 15) is 4.79 Å². The van der Waals surface area contributed by atoms with Crippen LogP contribution in [0.5, 0.6) is 0 Å². The summed E-state index contributed by atoms with van der Waals surface area (Å²) < 4.78 is 15.9. The van der Waals surface area contributed by atoms with Gasteiger partial charge in [0.05, 0.1) is 26.4 Å². The van der Waals surface area contributed by atoms with Crippen LogP contribution >= 0.6 is 0 Å². The molecule has 112 valence electrons. The van der Waals surface area contributed by atoms with Gasteiger partial charge in [0.1, 0.15) is 6.73 Å². The van der Waals surface area contributed by atoms with E-state index in [1.54, 1.807) is 0 Å². The third-order valence-electron chi connectivity index (χ3n) is 2.42. The van der Waals surface area contributed by atoms with Crippen molar-refractivity contribution in [3.63, 3.8) is 0 Å². The summed E-state index contributed by atoms with van der Waals surface area (Å²) in [5.41, 5.74) is 0. The van der Waals surface area contributed by atoms with Crippen LogP contribution in [-0.4, -0.2) is 45.7 Å². The van der Waals surface area contributed by atoms with Crippen molar-refractivity contribution in [2.24, 2.45) is 0 Å². The monoisotopic (exact) mass is 273 g/mol. The second-order valence-electron chi connectivity index (χ2n) is 4.08. The standard InChI is InChI=1S/C14H27NO4/c1-3-5-6-7-8-17-9-10-18-11-12-19-13-15-14(16)4-2/h4H,2-3,5-13H2,1H3,(H,15,16). The van der Waals surface area contributed by atoms with Gasteiger partial charge in [-0.1, -0.05) is 32.8 Å². The predicted molar refractivity (Wildman–Crippen MR) is 74.9 cm³/mol. The van der Waals surface area contributed by atoms with E-state index < -0.39 is 0 Å². The van der Waals surface area contributed by atoms with Crippen molar-refractivity contribution in [2.75, 3.05) is 39.8 Å². The van der Waals surface area contributed by atoms with Gasteiger partial charge in [-0.25, -0.2) is 0 Å². The van der Waals surface area contributed by atoms with Gasteiger partial charge >= 0.3 is 0 Å². The molecule has 0 unspecified atom stereocenters. The number of carbonyl (C=O) groups excluding carboxylic acids is 1. The predicted octanol–water partition coefficient (Wildman–Crippen LogP) is 1.88. The highest BCUT2D eigenvalue weighted by molar-refractivity contribution is 5.86. The van der Waals surface area contributed by atoms with E-state index in [1.807, 2.05) is 0 Å². The minimum Gasteiger partial charge on any atom is -0.379 e. The molecule has 0 radical (unpaired) electrons. The summed E-state index contributed by atoms with van der Waals surface area (Å²) in [6.07, 6.45) is 6.09. The number of hydrogen-bond acceptors (Lipinski definition) is 4. The van der Waals surface area contributed by atoms with Crippen LogP contribution in [0.1, 0.15) is 32.6 Å². The van der Waals surface area contributed by atoms with Gasteiger partial charge in [-0.15, -0.1) is 0 Å². The Bertz CT molecular complexity index is 221. The van der Waals surface area contributed by atoms with Crippen molar-refractivity contribution in [1.82, 2.24) is 5.32 Å². The molecule has 0 heterocycles. The molecule has 0 spiro atoms. The molecule has 19 heavy (non-hydrogen) atoms. The van der Waals surface area contributed by atoms with Gasteiger partial charge in [-0.2, -0.15) is 0 Å². The minimum atomic E-state index is -0.239. The van der Waals surface area contributed by atoms with E-state index in [0.717, 1.165) is 13.0 Å². The quantitative estimate of drug-likeness (QED) is 0.298. The number of nitrogens with one attached hydrogen (secondary N) is 1. The van der Waals surface area contributed by atoms with Crippen LogP contribution in [0.4, 0.5) is 0 Å². The van der Waals surface area contributed by atoms with Gasteiger partial charge in [0, 0.05) is 6.61 Å². The number of ether oxygens (including phenoxy) is 3. The zero-order chi connectivity index (χ0) is 14.2. The Hall–Kier alpha value is -0.910. The lowest BCUT2D eigenvalue weighted by atomic mass is 10.2. The zero-order valence-electron chi connectivity index (χ0n) is 12.0. The number of rotatable bonds is 14. The van der Waals surface area contributed by atoms with E-state index in [2.05, 4.69) is 18.8 Å². The smallest absolute Gasteiger partial charge is 0.245 e. The van der Waals surface area contributed by atoms with Gasteiger partial charge in [-0.3, -0.25) is 4.79 Å². The fourth-order valence-corrected chi connectivity index (χ4v) is 1.34. The second kappa shape index (κ2) is 15.1. The summed E-state index contributed by atoms with van der Waals surface area (Å²) in [5, 5.41) is 2.51. The third-order valence-corrected chi connectivity index (χ3v) is 2.42. The van der Waals surface area contributed by atoms with Gasteiger partial charge < -0.3 is 19.5 Å². The van der Waals surface area contributed by atoms with Crippen LogP contribution < -0.4 is 5.32 Å². The molecule has 0 aliphatic heterocycles. The van der Waals surface area contributed by atoms with Gasteiger partial charge in [-0.05, 0) is 12.5 Å². The van der Waals surface area contributed by atoms with E-state index in [1.165, 1.54) is 25.3 Å². The molecule has 0 fully saturated rings. The van der Waals surface area contributed by atoms with Crippen molar-refractivity contribution in [3.05, 3.63) is 12.7 Å². The lowest BCUT2D eigenvalue weighted by Gasteiger charge is -2.07. The highest BCUT2D eigenvalue weighted by Crippen LogP contribution is 1.98. The maximum atomic E-state index is 10.8. The summed E-state index contributed by atoms with van der Waals surface area (Å²) in [5.74, 6) is -0.239. The molecule has 5 nitrogen and oxygen atoms in total. The van der Waals surface area contributed by atoms with E-state index >= 15 is 0 Å². The van der Waals surface area contributed by atoms with Crippen molar-refractivity contribution >= 4 is 5.91 Å². The molecule has 0 aromatic heterocycles. The fourth-order valence-electron chi connectivity index (χ4n) is 1.34. The molecule has 0 saturated heterocycles. The molecule has 1 amide bonds. The number of hydrogen-bond donors (Lipinski definition) is 1. The average Bonchev–Trinajstić information content (AvgIpc) is 2.43. The number of unbranched alkanes of at least 4 members (excludes halogenated alkanes) is 3. The molecule has 0 aromatic rings. The molecule has 0 atom stereocenters. The Morgan fingerprint density at radius 2 is 1.63 bits per heavy atom. The topological polar surface area (TPSA) is 56.8 Å². The van der Waals surface area contributed by atoms with E-state index in [0.29, 0.717) is 26.4 Å². The van der Waals surface area contributed by atoms with Gasteiger partial charge in [0.25, 0.3) is 0 Å². The molecule has 5 heteroatoms. The summed E-state index contributed by atoms with van der Waals surface area (Å²) in [4.78, 5) is 10.8. The first kappa shape index (κ1) is 18.1. The van der Waals surface area contributed by atoms with E-state index in [4.69, 9.17) is 14.2 Å². The first-order valence-corrected chi connectivity index (χ1v) is 6.94. The molecular weight excluding hydrogens is 246 g/mol. The van der Waals surface area contributed by atoms with Gasteiger partial charge in [0.15, 0.2) is 0 Å². The van der Waals surface area contributed by atoms with Crippen LogP contribution in [0.15, 0.2) is 12.7 Å². The van der Waals surface area contributed by atoms with Crippen LogP contribution in [0.2, 0.25) is 0 Å². The number of carbonyl (C=O) groups is 1. The largest absolute Gasteiger partial charge is 0.379 e. The Labute approximate surface area is 116 Å². The molecule has 0 saturated carbocycles. The van der Waals surface area contributed by atoms with Crippen LogP contribution in [0.3, 0.4) is 0 Å². The SMILES string of the molecule is C=CC(=O)NCOCCOCCOCCCCCC. The van der Waals surface area contributed by atoms with Crippen molar-refractivity contribution in [3.8, 4) is 0 Å². The fraction of sp³-hybridized carbons (Fsp3) is 0.786. The first-order chi connectivity index (χ1) is 9.31. The Kier molecular flexibility index (Phi) is 14.4. The van der Waals surface area contributed by atoms with E-state index in [-0.39, 0.29) is 12.6 Å². The second-order valence-corrected chi connectivity index (χ2v) is 4.08. The summed E-state index contributed by atoms with van der Waals surface area (Å²) in [6.45, 7) is 8.68. The highest BCUT2D eigenvalue weighted by Gasteiger charge is 1.94. The summed E-state index contributed by atoms with van der Waals surface area (Å²) in [7, 11) is 0. The summed E-state index contributed by atoms with van der Waals surface area (Å²) in [6, 6.07) is 0. The van der Waals surface area contributed by atoms with Gasteiger partial charge in [0.2, 0.25) is 5.91 Å². The molecule has 1 N–H and O–H groups in total. The van der Waals surface area contributed by atoms with Crippen molar-refractivity contribution < 1.29 is 19.0 Å². The third kappa shape index (κ3) is 15.0. The Morgan fingerprint density at radius 1 is 1.00 bits per heavy atom. The van der Waals surface area contributed by atoms with Crippen molar-refractivity contribution in [2.45, 2.75) is 32.6 Å². The molecule has 0 aliphatic rings. The Balaban J connectivity index is 2.99. The lowest BCUT2D eigenvalue weighted by molar-refractivity contribution is -0.118. The highest BCUT2D eigenvalue weighted by atomic mass is 16.5. The maximum absolute atomic E-state index is 10.8. The Morgan fingerprint density at radius 3 is 2.26 bits per heavy atom. The van der Waals surface area contributed by atoms with Crippen LogP contribution in [0, 0.1) is 0 Å². The molecule has 0 bridgehead atoms. The normalized spacial score (nSPS) is 10.4. The lowest BCUT2D eigenvalue weighted by Crippen LogP contribution is -2.25. The maximum Gasteiger partial charge on any atom is 0.245 e. The summed E-state index contributed by atoms with van der Waals surface area (Å²) >= 11 is 0. The van der Waals surface area contributed by atoms with Crippen LogP contribution in [0.25, 0.3) is 0 Å². The average molecular weight is 273 g/mol. The molecule has 0 aliphatic carbocycles. The first-order valence-electron chi connectivity index (χ1n) is 6.94. The number of amides is 1. The zero-order valence-corrected chi connectivity index (χ0v) is 12.0. The molecular formula is C14H27NO4. The molecule has 0 rings (SSSR count). The minimum absolute atomic E-state index is 0.183.